The number of ether oxygens (including phenoxy) is 1. The maximum Gasteiger partial charge on any atom is 0.340 e. The molecule has 134 valence electrons. The molecule has 1 amide bonds. The number of rotatable bonds is 5. The minimum atomic E-state index is -1.07. The molecule has 0 fully saturated rings. The largest absolute Gasteiger partial charge is 0.465 e. The number of benzene rings is 1. The minimum Gasteiger partial charge on any atom is -0.465 e. The Balaban J connectivity index is 2.36. The van der Waals surface area contributed by atoms with Crippen molar-refractivity contribution in [3.05, 3.63) is 46.8 Å². The van der Waals surface area contributed by atoms with Crippen molar-refractivity contribution in [1.29, 1.82) is 0 Å². The third-order valence-corrected chi connectivity index (χ3v) is 3.63. The first-order chi connectivity index (χ1) is 11.8. The van der Waals surface area contributed by atoms with Crippen LogP contribution < -0.4 is 5.32 Å². The van der Waals surface area contributed by atoms with Crippen LogP contribution in [0.3, 0.4) is 0 Å². The monoisotopic (exact) mass is 351 g/mol. The zero-order chi connectivity index (χ0) is 18.7. The van der Waals surface area contributed by atoms with E-state index in [0.29, 0.717) is 12.6 Å². The highest BCUT2D eigenvalue weighted by Gasteiger charge is 2.21. The summed E-state index contributed by atoms with van der Waals surface area (Å²) in [7, 11) is 1.08. The Hall–Kier alpha value is -2.77. The van der Waals surface area contributed by atoms with E-state index in [4.69, 9.17) is 0 Å². The molecule has 1 heterocycles. The number of esters is 1. The molecule has 0 radical (unpaired) electrons. The van der Waals surface area contributed by atoms with E-state index in [9.17, 15) is 18.4 Å². The van der Waals surface area contributed by atoms with E-state index >= 15 is 0 Å². The number of hydrogen-bond donors (Lipinski definition) is 1. The molecule has 0 atom stereocenters. The number of nitrogens with one attached hydrogen (secondary N) is 1. The molecule has 2 aromatic rings. The van der Waals surface area contributed by atoms with Crippen LogP contribution >= 0.6 is 0 Å². The SMILES string of the molecule is CCn1nc(C(C)C)cc1C(=O)Nc1cc(C(=O)OC)c(F)cc1F. The van der Waals surface area contributed by atoms with E-state index in [1.165, 1.54) is 4.68 Å². The van der Waals surface area contributed by atoms with E-state index < -0.39 is 29.1 Å². The Bertz CT molecular complexity index is 816. The van der Waals surface area contributed by atoms with Crippen LogP contribution in [0.15, 0.2) is 18.2 Å². The first-order valence-corrected chi connectivity index (χ1v) is 7.74. The Morgan fingerprint density at radius 2 is 1.92 bits per heavy atom. The van der Waals surface area contributed by atoms with Crippen molar-refractivity contribution >= 4 is 17.6 Å². The number of aryl methyl sites for hydroxylation is 1. The van der Waals surface area contributed by atoms with Gasteiger partial charge < -0.3 is 10.1 Å². The number of carbonyl (C=O) groups excluding carboxylic acids is 2. The Labute approximate surface area is 143 Å². The van der Waals surface area contributed by atoms with Gasteiger partial charge in [-0.25, -0.2) is 13.6 Å². The fraction of sp³-hybridized carbons (Fsp3) is 0.353. The quantitative estimate of drug-likeness (QED) is 0.839. The van der Waals surface area contributed by atoms with Crippen molar-refractivity contribution in [3.8, 4) is 0 Å². The molecule has 2 rings (SSSR count). The average molecular weight is 351 g/mol. The molecule has 25 heavy (non-hydrogen) atoms. The van der Waals surface area contributed by atoms with Crippen LogP contribution in [-0.4, -0.2) is 28.8 Å². The molecule has 0 bridgehead atoms. The second-order valence-electron chi connectivity index (χ2n) is 5.68. The lowest BCUT2D eigenvalue weighted by Gasteiger charge is -2.09. The lowest BCUT2D eigenvalue weighted by atomic mass is 10.1. The summed E-state index contributed by atoms with van der Waals surface area (Å²) in [4.78, 5) is 24.0. The first-order valence-electron chi connectivity index (χ1n) is 7.74. The standard InChI is InChI=1S/C17H19F2N3O3/c1-5-22-15(8-13(21-22)9(2)3)16(23)20-14-6-10(17(24)25-4)11(18)7-12(14)19/h6-9H,5H2,1-4H3,(H,20,23). The maximum absolute atomic E-state index is 14.0. The number of aromatic nitrogens is 2. The Morgan fingerprint density at radius 1 is 1.24 bits per heavy atom. The van der Waals surface area contributed by atoms with Crippen LogP contribution in [0.2, 0.25) is 0 Å². The number of nitrogens with zero attached hydrogens (tertiary/aromatic N) is 2. The molecule has 6 nitrogen and oxygen atoms in total. The Kier molecular flexibility index (Phi) is 5.51. The Morgan fingerprint density at radius 3 is 2.48 bits per heavy atom. The first kappa shape index (κ1) is 18.6. The van der Waals surface area contributed by atoms with Crippen molar-refractivity contribution in [3.63, 3.8) is 0 Å². The van der Waals surface area contributed by atoms with Gasteiger partial charge in [-0.15, -0.1) is 0 Å². The molecular weight excluding hydrogens is 332 g/mol. The van der Waals surface area contributed by atoms with Crippen molar-refractivity contribution in [1.82, 2.24) is 9.78 Å². The summed E-state index contributed by atoms with van der Waals surface area (Å²) in [6.07, 6.45) is 0. The highest BCUT2D eigenvalue weighted by Crippen LogP contribution is 2.22. The van der Waals surface area contributed by atoms with Crippen molar-refractivity contribution in [2.45, 2.75) is 33.2 Å². The molecule has 0 unspecified atom stereocenters. The number of anilines is 1. The number of hydrogen-bond acceptors (Lipinski definition) is 4. The second-order valence-corrected chi connectivity index (χ2v) is 5.68. The van der Waals surface area contributed by atoms with Crippen molar-refractivity contribution in [2.24, 2.45) is 0 Å². The molecule has 0 saturated carbocycles. The summed E-state index contributed by atoms with van der Waals surface area (Å²) >= 11 is 0. The van der Waals surface area contributed by atoms with Gasteiger partial charge in [0.2, 0.25) is 0 Å². The van der Waals surface area contributed by atoms with Gasteiger partial charge in [-0.2, -0.15) is 5.10 Å². The molecule has 1 aromatic carbocycles. The highest BCUT2D eigenvalue weighted by atomic mass is 19.1. The van der Waals surface area contributed by atoms with Gasteiger partial charge in [0.25, 0.3) is 5.91 Å². The zero-order valence-corrected chi connectivity index (χ0v) is 14.4. The fourth-order valence-electron chi connectivity index (χ4n) is 2.24. The molecule has 0 aliphatic carbocycles. The third-order valence-electron chi connectivity index (χ3n) is 3.63. The lowest BCUT2D eigenvalue weighted by molar-refractivity contribution is 0.0595. The smallest absolute Gasteiger partial charge is 0.340 e. The molecule has 0 aliphatic rings. The van der Waals surface area contributed by atoms with Crippen molar-refractivity contribution in [2.75, 3.05) is 12.4 Å². The summed E-state index contributed by atoms with van der Waals surface area (Å²) in [6.45, 7) is 6.15. The highest BCUT2D eigenvalue weighted by molar-refractivity contribution is 6.04. The zero-order valence-electron chi connectivity index (χ0n) is 14.4. The van der Waals surface area contributed by atoms with Crippen LogP contribution in [-0.2, 0) is 11.3 Å². The third kappa shape index (κ3) is 3.84. The van der Waals surface area contributed by atoms with Gasteiger partial charge in [-0.05, 0) is 25.0 Å². The van der Waals surface area contributed by atoms with E-state index in [-0.39, 0.29) is 17.3 Å². The number of amides is 1. The van der Waals surface area contributed by atoms with Gasteiger partial charge in [-0.1, -0.05) is 13.8 Å². The summed E-state index contributed by atoms with van der Waals surface area (Å²) < 4.78 is 33.6. The molecule has 1 N–H and O–H groups in total. The van der Waals surface area contributed by atoms with Gasteiger partial charge in [-0.3, -0.25) is 9.48 Å². The lowest BCUT2D eigenvalue weighted by Crippen LogP contribution is -2.18. The van der Waals surface area contributed by atoms with Gasteiger partial charge in [0.1, 0.15) is 17.3 Å². The fourth-order valence-corrected chi connectivity index (χ4v) is 2.24. The number of carbonyl (C=O) groups is 2. The van der Waals surface area contributed by atoms with Gasteiger partial charge in [0.05, 0.1) is 24.1 Å². The van der Waals surface area contributed by atoms with Gasteiger partial charge in [0, 0.05) is 12.6 Å². The minimum absolute atomic E-state index is 0.118. The predicted molar refractivity (Wildman–Crippen MR) is 87.6 cm³/mol. The topological polar surface area (TPSA) is 73.2 Å². The number of methoxy groups -OCH3 is 1. The van der Waals surface area contributed by atoms with Crippen LogP contribution in [0, 0.1) is 11.6 Å². The molecule has 1 aromatic heterocycles. The van der Waals surface area contributed by atoms with Crippen LogP contribution in [0.1, 0.15) is 53.2 Å². The average Bonchev–Trinajstić information content (AvgIpc) is 3.01. The van der Waals surface area contributed by atoms with E-state index in [1.807, 2.05) is 20.8 Å². The van der Waals surface area contributed by atoms with Gasteiger partial charge in [0.15, 0.2) is 0 Å². The normalized spacial score (nSPS) is 10.8. The maximum atomic E-state index is 14.0. The van der Waals surface area contributed by atoms with Crippen LogP contribution in [0.5, 0.6) is 0 Å². The summed E-state index contributed by atoms with van der Waals surface area (Å²) in [5, 5.41) is 6.67. The van der Waals surface area contributed by atoms with Gasteiger partial charge >= 0.3 is 5.97 Å². The van der Waals surface area contributed by atoms with E-state index in [0.717, 1.165) is 18.9 Å². The molecular formula is C17H19F2N3O3. The van der Waals surface area contributed by atoms with Crippen LogP contribution in [0.25, 0.3) is 0 Å². The van der Waals surface area contributed by atoms with E-state index in [1.54, 1.807) is 6.07 Å². The number of halogens is 2. The molecule has 8 heteroatoms. The summed E-state index contributed by atoms with van der Waals surface area (Å²) in [6, 6.07) is 3.05. The predicted octanol–water partition coefficient (Wildman–Crippen LogP) is 3.34. The van der Waals surface area contributed by atoms with Crippen LogP contribution in [0.4, 0.5) is 14.5 Å². The summed E-state index contributed by atoms with van der Waals surface area (Å²) in [5.41, 5.74) is 0.184. The molecule has 0 aliphatic heterocycles. The van der Waals surface area contributed by atoms with E-state index in [2.05, 4.69) is 15.2 Å². The molecule has 0 spiro atoms. The summed E-state index contributed by atoms with van der Waals surface area (Å²) in [5.74, 6) is -3.52. The van der Waals surface area contributed by atoms with Crippen molar-refractivity contribution < 1.29 is 23.1 Å². The molecule has 0 saturated heterocycles. The second kappa shape index (κ2) is 7.42.